The lowest BCUT2D eigenvalue weighted by Crippen LogP contribution is -2.28. The maximum absolute atomic E-state index is 12.2. The van der Waals surface area contributed by atoms with Crippen LogP contribution >= 0.6 is 0 Å². The molecule has 0 fully saturated rings. The lowest BCUT2D eigenvalue weighted by atomic mass is 10.0. The van der Waals surface area contributed by atoms with Crippen molar-refractivity contribution in [3.05, 3.63) is 64.5 Å². The van der Waals surface area contributed by atoms with Gasteiger partial charge in [-0.3, -0.25) is 14.0 Å². The molecular formula is C15H15N5O2. The predicted octanol–water partition coefficient (Wildman–Crippen LogP) is 0.837. The van der Waals surface area contributed by atoms with Gasteiger partial charge in [-0.2, -0.15) is 0 Å². The Balaban J connectivity index is 1.73. The van der Waals surface area contributed by atoms with Crippen LogP contribution in [-0.4, -0.2) is 25.5 Å². The maximum Gasteiger partial charge on any atom is 0.293 e. The molecule has 3 rings (SSSR count). The minimum Gasteiger partial charge on any atom is -0.348 e. The van der Waals surface area contributed by atoms with Crippen molar-refractivity contribution < 1.29 is 4.79 Å². The lowest BCUT2D eigenvalue weighted by Gasteiger charge is -2.11. The van der Waals surface area contributed by atoms with E-state index in [2.05, 4.69) is 20.5 Å². The molecule has 1 aromatic carbocycles. The first-order valence-electron chi connectivity index (χ1n) is 6.91. The smallest absolute Gasteiger partial charge is 0.293 e. The zero-order valence-electron chi connectivity index (χ0n) is 12.0. The zero-order chi connectivity index (χ0) is 15.5. The quantitative estimate of drug-likeness (QED) is 0.746. The van der Waals surface area contributed by atoms with Crippen LogP contribution in [0.2, 0.25) is 0 Å². The second kappa shape index (κ2) is 5.80. The second-order valence-electron chi connectivity index (χ2n) is 4.95. The normalized spacial score (nSPS) is 12.2. The maximum atomic E-state index is 12.2. The third kappa shape index (κ3) is 2.60. The van der Waals surface area contributed by atoms with E-state index in [-0.39, 0.29) is 29.6 Å². The van der Waals surface area contributed by atoms with Crippen LogP contribution in [0.15, 0.2) is 47.5 Å². The summed E-state index contributed by atoms with van der Waals surface area (Å²) in [5.74, 6) is 0.145. The van der Waals surface area contributed by atoms with Gasteiger partial charge in [-0.25, -0.2) is 0 Å². The summed E-state index contributed by atoms with van der Waals surface area (Å²) < 4.78 is 1.56. The third-order valence-electron chi connectivity index (χ3n) is 3.52. The Morgan fingerprint density at radius 2 is 2.09 bits per heavy atom. The Morgan fingerprint density at radius 3 is 2.86 bits per heavy atom. The molecule has 0 spiro atoms. The van der Waals surface area contributed by atoms with Gasteiger partial charge in [0, 0.05) is 12.4 Å². The van der Waals surface area contributed by atoms with Gasteiger partial charge in [-0.05, 0) is 12.5 Å². The van der Waals surface area contributed by atoms with E-state index in [4.69, 9.17) is 0 Å². The Morgan fingerprint density at radius 1 is 1.32 bits per heavy atom. The predicted molar refractivity (Wildman–Crippen MR) is 80.3 cm³/mol. The summed E-state index contributed by atoms with van der Waals surface area (Å²) >= 11 is 0. The van der Waals surface area contributed by atoms with Gasteiger partial charge >= 0.3 is 0 Å². The van der Waals surface area contributed by atoms with Gasteiger partial charge in [0.25, 0.3) is 5.56 Å². The van der Waals surface area contributed by atoms with Crippen molar-refractivity contribution in [3.63, 3.8) is 0 Å². The van der Waals surface area contributed by atoms with E-state index in [0.29, 0.717) is 5.82 Å². The number of carbonyl (C=O) groups excluding carboxylic acids is 1. The molecule has 0 radical (unpaired) electrons. The zero-order valence-corrected chi connectivity index (χ0v) is 12.0. The van der Waals surface area contributed by atoms with E-state index < -0.39 is 0 Å². The van der Waals surface area contributed by atoms with Crippen LogP contribution in [0.25, 0.3) is 5.65 Å². The van der Waals surface area contributed by atoms with Crippen LogP contribution in [0.1, 0.15) is 24.2 Å². The molecule has 0 aliphatic carbocycles. The van der Waals surface area contributed by atoms with Crippen LogP contribution in [0.5, 0.6) is 0 Å². The fraction of sp³-hybridized carbons (Fsp3) is 0.200. The lowest BCUT2D eigenvalue weighted by molar-refractivity contribution is -0.122. The third-order valence-corrected chi connectivity index (χ3v) is 3.52. The van der Waals surface area contributed by atoms with Gasteiger partial charge in [0.15, 0.2) is 5.82 Å². The summed E-state index contributed by atoms with van der Waals surface area (Å²) in [7, 11) is 0. The topological polar surface area (TPSA) is 92.2 Å². The summed E-state index contributed by atoms with van der Waals surface area (Å²) in [5, 5.41) is 10.6. The van der Waals surface area contributed by atoms with E-state index >= 15 is 0 Å². The van der Waals surface area contributed by atoms with Crippen LogP contribution in [-0.2, 0) is 11.3 Å². The first kappa shape index (κ1) is 14.0. The molecule has 0 saturated carbocycles. The van der Waals surface area contributed by atoms with Gasteiger partial charge in [-0.1, -0.05) is 30.3 Å². The molecule has 7 heteroatoms. The van der Waals surface area contributed by atoms with Crippen LogP contribution in [0.4, 0.5) is 0 Å². The van der Waals surface area contributed by atoms with Gasteiger partial charge in [0.2, 0.25) is 11.6 Å². The largest absolute Gasteiger partial charge is 0.348 e. The molecule has 2 aromatic heterocycles. The summed E-state index contributed by atoms with van der Waals surface area (Å²) in [4.78, 5) is 26.3. The molecule has 0 bridgehead atoms. The molecule has 0 saturated heterocycles. The van der Waals surface area contributed by atoms with Crippen molar-refractivity contribution in [1.29, 1.82) is 0 Å². The minimum absolute atomic E-state index is 0.104. The number of nitrogens with zero attached hydrogens (tertiary/aromatic N) is 3. The van der Waals surface area contributed by atoms with Gasteiger partial charge in [0.05, 0.1) is 12.5 Å². The SMILES string of the molecule is C[C@H](C(=O)NCc1nnc2c(=O)[nH]ccn12)c1ccccc1. The van der Waals surface area contributed by atoms with Crippen molar-refractivity contribution in [2.24, 2.45) is 0 Å². The number of benzene rings is 1. The number of nitrogens with one attached hydrogen (secondary N) is 2. The summed E-state index contributed by atoms with van der Waals surface area (Å²) in [6.07, 6.45) is 3.16. The Hall–Kier alpha value is -2.96. The molecule has 7 nitrogen and oxygen atoms in total. The van der Waals surface area contributed by atoms with Crippen LogP contribution in [0, 0.1) is 0 Å². The average molecular weight is 297 g/mol. The summed E-state index contributed by atoms with van der Waals surface area (Å²) in [6, 6.07) is 9.54. The van der Waals surface area contributed by atoms with Crippen LogP contribution < -0.4 is 10.9 Å². The summed E-state index contributed by atoms with van der Waals surface area (Å²) in [5.41, 5.74) is 0.843. The number of fused-ring (bicyclic) bond motifs is 1. The fourth-order valence-corrected chi connectivity index (χ4v) is 2.22. The van der Waals surface area contributed by atoms with E-state index in [1.165, 1.54) is 6.20 Å². The first-order valence-corrected chi connectivity index (χ1v) is 6.91. The second-order valence-corrected chi connectivity index (χ2v) is 4.95. The number of H-pyrrole nitrogens is 1. The van der Waals surface area contributed by atoms with Crippen molar-refractivity contribution >= 4 is 11.6 Å². The number of aromatic nitrogens is 4. The molecule has 0 unspecified atom stereocenters. The van der Waals surface area contributed by atoms with Gasteiger partial charge in [-0.15, -0.1) is 10.2 Å². The van der Waals surface area contributed by atoms with Crippen LogP contribution in [0.3, 0.4) is 0 Å². The van der Waals surface area contributed by atoms with E-state index in [9.17, 15) is 9.59 Å². The van der Waals surface area contributed by atoms with Crippen molar-refractivity contribution in [2.75, 3.05) is 0 Å². The number of amides is 1. The molecule has 3 aromatic rings. The number of hydrogen-bond donors (Lipinski definition) is 2. The highest BCUT2D eigenvalue weighted by Gasteiger charge is 2.16. The molecule has 22 heavy (non-hydrogen) atoms. The highest BCUT2D eigenvalue weighted by molar-refractivity contribution is 5.83. The van der Waals surface area contributed by atoms with Crippen molar-refractivity contribution in [3.8, 4) is 0 Å². The number of carbonyl (C=O) groups is 1. The van der Waals surface area contributed by atoms with E-state index in [1.54, 1.807) is 10.6 Å². The molecule has 0 aliphatic heterocycles. The average Bonchev–Trinajstić information content (AvgIpc) is 2.97. The highest BCUT2D eigenvalue weighted by Crippen LogP contribution is 2.14. The monoisotopic (exact) mass is 297 g/mol. The standard InChI is InChI=1S/C15H15N5O2/c1-10(11-5-3-2-4-6-11)14(21)17-9-12-18-19-13-15(22)16-7-8-20(12)13/h2-8,10H,9H2,1H3,(H,16,22)(H,17,21)/t10-/m0/s1. The number of hydrogen-bond acceptors (Lipinski definition) is 4. The Labute approximate surface area is 126 Å². The Kier molecular flexibility index (Phi) is 3.69. The fourth-order valence-electron chi connectivity index (χ4n) is 2.22. The molecule has 2 heterocycles. The van der Waals surface area contributed by atoms with Gasteiger partial charge in [0.1, 0.15) is 0 Å². The number of rotatable bonds is 4. The molecule has 0 aliphatic rings. The Bertz CT molecular complexity index is 853. The first-order chi connectivity index (χ1) is 10.7. The highest BCUT2D eigenvalue weighted by atomic mass is 16.2. The molecule has 2 N–H and O–H groups in total. The molecule has 1 amide bonds. The van der Waals surface area contributed by atoms with E-state index in [0.717, 1.165) is 5.56 Å². The molecule has 1 atom stereocenters. The van der Waals surface area contributed by atoms with Crippen molar-refractivity contribution in [2.45, 2.75) is 19.4 Å². The van der Waals surface area contributed by atoms with Gasteiger partial charge < -0.3 is 10.3 Å². The summed E-state index contributed by atoms with van der Waals surface area (Å²) in [6.45, 7) is 2.05. The van der Waals surface area contributed by atoms with E-state index in [1.807, 2.05) is 37.3 Å². The minimum atomic E-state index is -0.315. The number of aromatic amines is 1. The van der Waals surface area contributed by atoms with Crippen molar-refractivity contribution in [1.82, 2.24) is 24.9 Å². The molecule has 112 valence electrons. The molecular weight excluding hydrogens is 282 g/mol.